The first-order valence-electron chi connectivity index (χ1n) is 9.46. The molecule has 0 spiro atoms. The van der Waals surface area contributed by atoms with Gasteiger partial charge in [-0.2, -0.15) is 0 Å². The Bertz CT molecular complexity index is 900. The number of nitrogens with two attached hydrogens (primary N) is 1. The average molecular weight is 421 g/mol. The number of anilines is 1. The number of nitrogens with zero attached hydrogens (tertiary/aromatic N) is 1. The van der Waals surface area contributed by atoms with Crippen molar-refractivity contribution in [3.8, 4) is 5.75 Å². The van der Waals surface area contributed by atoms with E-state index in [0.717, 1.165) is 24.9 Å². The number of hydrogen-bond acceptors (Lipinski definition) is 4. The quantitative estimate of drug-likeness (QED) is 0.719. The van der Waals surface area contributed by atoms with Gasteiger partial charge in [0.15, 0.2) is 0 Å². The molecule has 1 aliphatic rings. The Hall–Kier alpha value is -3.07. The number of ether oxygens (including phenoxy) is 1. The van der Waals surface area contributed by atoms with Gasteiger partial charge in [0.05, 0.1) is 12.5 Å². The standard InChI is InChI=1S/C21H22F3N3O3/c22-21(23,24)30-17-8-6-14(7-9-17)12-19(28)26-16-4-1-3-15(11-16)13-27-10-2-5-18(27)20(25)29/h1,3-4,6-9,11,18H,2,5,10,12-13H2,(H2,25,29)(H,26,28). The number of rotatable bonds is 7. The molecule has 0 saturated carbocycles. The zero-order chi connectivity index (χ0) is 21.7. The third-order valence-electron chi connectivity index (χ3n) is 4.81. The van der Waals surface area contributed by atoms with Crippen molar-refractivity contribution in [2.75, 3.05) is 11.9 Å². The zero-order valence-electron chi connectivity index (χ0n) is 16.1. The fourth-order valence-corrected chi connectivity index (χ4v) is 3.52. The van der Waals surface area contributed by atoms with Crippen molar-refractivity contribution in [2.45, 2.75) is 38.2 Å². The van der Waals surface area contributed by atoms with Gasteiger partial charge in [0, 0.05) is 12.2 Å². The Labute approximate surface area is 171 Å². The van der Waals surface area contributed by atoms with Gasteiger partial charge in [-0.25, -0.2) is 0 Å². The highest BCUT2D eigenvalue weighted by Gasteiger charge is 2.31. The van der Waals surface area contributed by atoms with Gasteiger partial charge in [-0.15, -0.1) is 13.2 Å². The molecule has 3 rings (SSSR count). The summed E-state index contributed by atoms with van der Waals surface area (Å²) in [7, 11) is 0. The Morgan fingerprint density at radius 3 is 2.53 bits per heavy atom. The summed E-state index contributed by atoms with van der Waals surface area (Å²) in [5.74, 6) is -0.966. The molecular weight excluding hydrogens is 399 g/mol. The topological polar surface area (TPSA) is 84.7 Å². The Kier molecular flexibility index (Phi) is 6.61. The molecule has 1 saturated heterocycles. The van der Waals surface area contributed by atoms with Crippen LogP contribution in [-0.4, -0.2) is 35.7 Å². The first-order chi connectivity index (χ1) is 14.2. The molecule has 3 N–H and O–H groups in total. The molecule has 0 radical (unpaired) electrons. The number of benzene rings is 2. The van der Waals surface area contributed by atoms with Crippen molar-refractivity contribution >= 4 is 17.5 Å². The number of nitrogens with one attached hydrogen (secondary N) is 1. The minimum Gasteiger partial charge on any atom is -0.406 e. The lowest BCUT2D eigenvalue weighted by atomic mass is 10.1. The molecule has 2 aromatic carbocycles. The molecule has 0 aliphatic carbocycles. The third-order valence-corrected chi connectivity index (χ3v) is 4.81. The fraction of sp³-hybridized carbons (Fsp3) is 0.333. The van der Waals surface area contributed by atoms with Crippen molar-refractivity contribution in [2.24, 2.45) is 5.73 Å². The van der Waals surface area contributed by atoms with E-state index >= 15 is 0 Å². The molecule has 2 amide bonds. The monoisotopic (exact) mass is 421 g/mol. The van der Waals surface area contributed by atoms with Crippen molar-refractivity contribution < 1.29 is 27.5 Å². The number of halogens is 3. The fourth-order valence-electron chi connectivity index (χ4n) is 3.52. The minimum atomic E-state index is -4.75. The van der Waals surface area contributed by atoms with Gasteiger partial charge in [0.2, 0.25) is 11.8 Å². The molecule has 0 bridgehead atoms. The average Bonchev–Trinajstić information content (AvgIpc) is 3.11. The van der Waals surface area contributed by atoms with Gasteiger partial charge in [-0.3, -0.25) is 14.5 Å². The Morgan fingerprint density at radius 1 is 1.13 bits per heavy atom. The van der Waals surface area contributed by atoms with Crippen LogP contribution < -0.4 is 15.8 Å². The van der Waals surface area contributed by atoms with Gasteiger partial charge in [-0.1, -0.05) is 24.3 Å². The van der Waals surface area contributed by atoms with Crippen LogP contribution in [0.2, 0.25) is 0 Å². The van der Waals surface area contributed by atoms with Crippen LogP contribution in [0.25, 0.3) is 0 Å². The van der Waals surface area contributed by atoms with Crippen molar-refractivity contribution in [1.82, 2.24) is 4.90 Å². The maximum absolute atomic E-state index is 12.3. The third kappa shape index (κ3) is 6.21. The van der Waals surface area contributed by atoms with Crippen molar-refractivity contribution in [1.29, 1.82) is 0 Å². The second kappa shape index (κ2) is 9.17. The predicted molar refractivity (Wildman–Crippen MR) is 105 cm³/mol. The normalized spacial score (nSPS) is 17.0. The van der Waals surface area contributed by atoms with Crippen LogP contribution in [0, 0.1) is 0 Å². The number of primary amides is 1. The summed E-state index contributed by atoms with van der Waals surface area (Å²) in [6, 6.07) is 12.2. The van der Waals surface area contributed by atoms with Crippen LogP contribution >= 0.6 is 0 Å². The summed E-state index contributed by atoms with van der Waals surface area (Å²) >= 11 is 0. The predicted octanol–water partition coefficient (Wildman–Crippen LogP) is 3.22. The lowest BCUT2D eigenvalue weighted by molar-refractivity contribution is -0.274. The minimum absolute atomic E-state index is 0.00635. The Balaban J connectivity index is 1.57. The van der Waals surface area contributed by atoms with E-state index in [0.29, 0.717) is 17.8 Å². The van der Waals surface area contributed by atoms with E-state index < -0.39 is 6.36 Å². The molecular formula is C21H22F3N3O3. The van der Waals surface area contributed by atoms with Gasteiger partial charge in [0.1, 0.15) is 5.75 Å². The lowest BCUT2D eigenvalue weighted by Crippen LogP contribution is -2.39. The molecule has 1 fully saturated rings. The van der Waals surface area contributed by atoms with Crippen LogP contribution in [0.4, 0.5) is 18.9 Å². The molecule has 9 heteroatoms. The maximum Gasteiger partial charge on any atom is 0.573 e. The molecule has 1 aliphatic heterocycles. The molecule has 1 heterocycles. The van der Waals surface area contributed by atoms with Gasteiger partial charge in [0.25, 0.3) is 0 Å². The molecule has 2 aromatic rings. The zero-order valence-corrected chi connectivity index (χ0v) is 16.1. The summed E-state index contributed by atoms with van der Waals surface area (Å²) < 4.78 is 40.4. The largest absolute Gasteiger partial charge is 0.573 e. The van der Waals surface area contributed by atoms with E-state index in [2.05, 4.69) is 10.1 Å². The summed E-state index contributed by atoms with van der Waals surface area (Å²) in [4.78, 5) is 25.9. The molecule has 1 unspecified atom stereocenters. The summed E-state index contributed by atoms with van der Waals surface area (Å²) in [5.41, 5.74) is 7.55. The van der Waals surface area contributed by atoms with E-state index in [1.165, 1.54) is 24.3 Å². The smallest absolute Gasteiger partial charge is 0.406 e. The van der Waals surface area contributed by atoms with E-state index in [1.807, 2.05) is 23.1 Å². The molecule has 30 heavy (non-hydrogen) atoms. The van der Waals surface area contributed by atoms with Gasteiger partial charge in [-0.05, 0) is 54.8 Å². The van der Waals surface area contributed by atoms with Gasteiger partial charge < -0.3 is 15.8 Å². The first-order valence-corrected chi connectivity index (χ1v) is 9.46. The number of likely N-dealkylation sites (tertiary alicyclic amines) is 1. The van der Waals surface area contributed by atoms with Crippen LogP contribution in [0.5, 0.6) is 5.75 Å². The van der Waals surface area contributed by atoms with Crippen molar-refractivity contribution in [3.63, 3.8) is 0 Å². The Morgan fingerprint density at radius 2 is 1.87 bits per heavy atom. The number of carbonyl (C=O) groups excluding carboxylic acids is 2. The van der Waals surface area contributed by atoms with E-state index in [4.69, 9.17) is 5.73 Å². The van der Waals surface area contributed by atoms with Crippen LogP contribution in [0.15, 0.2) is 48.5 Å². The number of alkyl halides is 3. The second-order valence-corrected chi connectivity index (χ2v) is 7.15. The number of hydrogen-bond donors (Lipinski definition) is 2. The molecule has 0 aromatic heterocycles. The van der Waals surface area contributed by atoms with E-state index in [-0.39, 0.29) is 30.0 Å². The first kappa shape index (κ1) is 21.6. The lowest BCUT2D eigenvalue weighted by Gasteiger charge is -2.22. The SMILES string of the molecule is NC(=O)C1CCCN1Cc1cccc(NC(=O)Cc2ccc(OC(F)(F)F)cc2)c1. The maximum atomic E-state index is 12.3. The number of carbonyl (C=O) groups is 2. The van der Waals surface area contributed by atoms with Gasteiger partial charge >= 0.3 is 6.36 Å². The van der Waals surface area contributed by atoms with Crippen LogP contribution in [-0.2, 0) is 22.6 Å². The van der Waals surface area contributed by atoms with Crippen molar-refractivity contribution in [3.05, 3.63) is 59.7 Å². The second-order valence-electron chi connectivity index (χ2n) is 7.15. The summed E-state index contributed by atoms with van der Waals surface area (Å²) in [6.45, 7) is 1.34. The molecule has 6 nitrogen and oxygen atoms in total. The molecule has 160 valence electrons. The summed E-state index contributed by atoms with van der Waals surface area (Å²) in [6.07, 6.45) is -3.09. The molecule has 1 atom stereocenters. The number of amides is 2. The van der Waals surface area contributed by atoms with Crippen LogP contribution in [0.3, 0.4) is 0 Å². The highest BCUT2D eigenvalue weighted by Crippen LogP contribution is 2.23. The van der Waals surface area contributed by atoms with E-state index in [1.54, 1.807) is 6.07 Å². The highest BCUT2D eigenvalue weighted by atomic mass is 19.4. The van der Waals surface area contributed by atoms with Crippen LogP contribution in [0.1, 0.15) is 24.0 Å². The summed E-state index contributed by atoms with van der Waals surface area (Å²) in [5, 5.41) is 2.78. The highest BCUT2D eigenvalue weighted by molar-refractivity contribution is 5.92. The van der Waals surface area contributed by atoms with E-state index in [9.17, 15) is 22.8 Å².